The number of pyridine rings is 1. The van der Waals surface area contributed by atoms with Crippen LogP contribution in [-0.2, 0) is 25.5 Å². The first-order valence-electron chi connectivity index (χ1n) is 11.3. The molecule has 1 aliphatic carbocycles. The molecule has 5 rings (SSSR count). The summed E-state index contributed by atoms with van der Waals surface area (Å²) in [5.74, 6) is 0.250. The van der Waals surface area contributed by atoms with Crippen LogP contribution in [0.4, 0.5) is 26.3 Å². The van der Waals surface area contributed by atoms with Crippen molar-refractivity contribution < 1.29 is 56.3 Å². The third kappa shape index (κ3) is 5.36. The number of aliphatic hydroxyl groups is 1. The fourth-order valence-electron chi connectivity index (χ4n) is 4.67. The number of fused-ring (bicyclic) bond motifs is 4. The van der Waals surface area contributed by atoms with Gasteiger partial charge >= 0.3 is 18.1 Å². The number of carbonyl (C=O) groups excluding carboxylic acids is 1. The van der Waals surface area contributed by atoms with Crippen molar-refractivity contribution in [1.82, 2.24) is 4.98 Å². The van der Waals surface area contributed by atoms with Crippen LogP contribution in [0, 0.1) is 6.07 Å². The molecule has 1 radical (unpaired) electrons. The van der Waals surface area contributed by atoms with Crippen LogP contribution >= 0.6 is 0 Å². The van der Waals surface area contributed by atoms with E-state index in [0.29, 0.717) is 0 Å². The first kappa shape index (κ1) is 30.1. The maximum Gasteiger partial charge on any atom is 0.409 e. The summed E-state index contributed by atoms with van der Waals surface area (Å²) < 4.78 is 85.6. The van der Waals surface area contributed by atoms with Crippen molar-refractivity contribution >= 4 is 16.6 Å². The molecule has 0 saturated carbocycles. The van der Waals surface area contributed by atoms with Crippen molar-refractivity contribution in [2.75, 3.05) is 0 Å². The molecule has 1 aliphatic rings. The third-order valence-corrected chi connectivity index (χ3v) is 6.15. The van der Waals surface area contributed by atoms with E-state index in [9.17, 15) is 26.3 Å². The Kier molecular flexibility index (Phi) is 8.43. The van der Waals surface area contributed by atoms with Gasteiger partial charge in [-0.1, -0.05) is 71.3 Å². The van der Waals surface area contributed by atoms with E-state index in [-0.39, 0.29) is 54.0 Å². The molecule has 0 fully saturated rings. The number of hydrogen-bond donors (Lipinski definition) is 1. The molecule has 39 heavy (non-hydrogen) atoms. The minimum atomic E-state index is -5.60. The zero-order valence-corrected chi connectivity index (χ0v) is 22.8. The molecular weight excluding hydrogens is 701 g/mol. The molecular formula is C29H21F6IrNO2. The molecule has 1 heterocycles. The zero-order valence-electron chi connectivity index (χ0n) is 20.4. The Balaban J connectivity index is 0.000000468. The van der Waals surface area contributed by atoms with E-state index in [2.05, 4.69) is 11.1 Å². The van der Waals surface area contributed by atoms with Crippen LogP contribution in [0.1, 0.15) is 25.0 Å². The Bertz CT molecular complexity index is 1540. The number of alkyl halides is 6. The van der Waals surface area contributed by atoms with Gasteiger partial charge in [-0.15, -0.1) is 23.8 Å². The van der Waals surface area contributed by atoms with Crippen molar-refractivity contribution in [3.63, 3.8) is 0 Å². The predicted molar refractivity (Wildman–Crippen MR) is 133 cm³/mol. The third-order valence-electron chi connectivity index (χ3n) is 6.15. The van der Waals surface area contributed by atoms with Gasteiger partial charge in [-0.25, -0.2) is 0 Å². The number of allylic oxidation sites excluding steroid dienone is 2. The molecule has 2 N–H and O–H groups in total. The smallest absolute Gasteiger partial charge is 0.409 e. The van der Waals surface area contributed by atoms with Crippen LogP contribution in [0.2, 0.25) is 0 Å². The van der Waals surface area contributed by atoms with Crippen molar-refractivity contribution in [3.8, 4) is 22.4 Å². The minimum absolute atomic E-state index is 0. The fourth-order valence-corrected chi connectivity index (χ4v) is 4.67. The molecule has 0 saturated heterocycles. The van der Waals surface area contributed by atoms with Gasteiger partial charge in [0.15, 0.2) is 5.41 Å². The largest absolute Gasteiger partial charge is 0.512 e. The van der Waals surface area contributed by atoms with Gasteiger partial charge in [-0.05, 0) is 29.0 Å². The summed E-state index contributed by atoms with van der Waals surface area (Å²) in [4.78, 5) is 12.6. The molecule has 0 unspecified atom stereocenters. The van der Waals surface area contributed by atoms with Gasteiger partial charge in [0, 0.05) is 26.3 Å². The molecule has 1 aromatic heterocycles. The summed E-state index contributed by atoms with van der Waals surface area (Å²) in [5.41, 5.74) is -5.70. The quantitative estimate of drug-likeness (QED) is 0.0749. The van der Waals surface area contributed by atoms with Crippen molar-refractivity contribution in [1.29, 1.82) is 0 Å². The molecule has 3 aromatic carbocycles. The van der Waals surface area contributed by atoms with Gasteiger partial charge in [0.05, 0.1) is 18.8 Å². The summed E-state index contributed by atoms with van der Waals surface area (Å²) >= 11 is 0. The molecule has 0 spiro atoms. The van der Waals surface area contributed by atoms with Gasteiger partial charge < -0.3 is 10.1 Å². The standard InChI is InChI=1S/C24H12F6N.C5H8O2.Ir/c25-23(26,27)22(24(28,29)30)19-8-4-3-7-17(19)18-10-9-15(11-20(18)22)21-12-14-5-1-2-6-16(14)13-31-21;1-4(6)3-5(2)7;/h1-8,10-13H;3,6H,1-2H3;/q-1;;/p+1/b;4-3-;. The maximum absolute atomic E-state index is 14.3. The number of benzene rings is 3. The van der Waals surface area contributed by atoms with E-state index < -0.39 is 28.9 Å². The summed E-state index contributed by atoms with van der Waals surface area (Å²) in [6, 6.07) is 18.5. The predicted octanol–water partition coefficient (Wildman–Crippen LogP) is 8.10. The van der Waals surface area contributed by atoms with Crippen LogP contribution in [-0.4, -0.2) is 33.0 Å². The van der Waals surface area contributed by atoms with E-state index in [0.717, 1.165) is 22.9 Å². The van der Waals surface area contributed by atoms with Gasteiger partial charge in [0.25, 0.3) is 0 Å². The Labute approximate surface area is 233 Å². The van der Waals surface area contributed by atoms with Crippen LogP contribution < -0.4 is 0 Å². The average Bonchev–Trinajstić information content (AvgIpc) is 3.14. The fraction of sp³-hybridized carbons (Fsp3) is 0.172. The Morgan fingerprint density at radius 3 is 2.03 bits per heavy atom. The van der Waals surface area contributed by atoms with E-state index in [4.69, 9.17) is 9.90 Å². The van der Waals surface area contributed by atoms with Crippen molar-refractivity contribution in [2.45, 2.75) is 31.6 Å². The average molecular weight is 722 g/mol. The number of nitrogens with zero attached hydrogens (tertiary/aromatic N) is 1. The molecule has 0 atom stereocenters. The maximum atomic E-state index is 14.3. The molecule has 205 valence electrons. The number of aliphatic hydroxyl groups excluding tert-OH is 1. The molecule has 4 aromatic rings. The van der Waals surface area contributed by atoms with E-state index in [1.54, 1.807) is 18.2 Å². The minimum Gasteiger partial charge on any atom is -0.512 e. The number of halogens is 6. The second-order valence-corrected chi connectivity index (χ2v) is 8.81. The normalized spacial score (nSPS) is 14.0. The molecule has 0 aliphatic heterocycles. The first-order valence-corrected chi connectivity index (χ1v) is 11.3. The summed E-state index contributed by atoms with van der Waals surface area (Å²) in [5, 5.41) is 9.97. The molecule has 0 amide bonds. The second kappa shape index (κ2) is 10.9. The Hall–Kier alpha value is -3.49. The van der Waals surface area contributed by atoms with Crippen LogP contribution in [0.15, 0.2) is 84.8 Å². The van der Waals surface area contributed by atoms with E-state index in [1.807, 2.05) is 12.1 Å². The zero-order chi connectivity index (χ0) is 27.9. The summed E-state index contributed by atoms with van der Waals surface area (Å²) in [7, 11) is 0. The number of hydrogen-bond acceptors (Lipinski definition) is 2. The number of ketones is 1. The van der Waals surface area contributed by atoms with Gasteiger partial charge in [0.1, 0.15) is 0 Å². The number of rotatable bonds is 2. The topological polar surface area (TPSA) is 54.5 Å². The van der Waals surface area contributed by atoms with Crippen molar-refractivity contribution in [2.24, 2.45) is 0 Å². The van der Waals surface area contributed by atoms with Gasteiger partial charge in [0.2, 0.25) is 0 Å². The summed E-state index contributed by atoms with van der Waals surface area (Å²) in [6.07, 6.45) is -8.38. The monoisotopic (exact) mass is 722 g/mol. The van der Waals surface area contributed by atoms with Gasteiger partial charge in [-0.2, -0.15) is 26.3 Å². The second-order valence-electron chi connectivity index (χ2n) is 8.81. The number of aromatic nitrogens is 1. The van der Waals surface area contributed by atoms with Crippen LogP contribution in [0.5, 0.6) is 0 Å². The van der Waals surface area contributed by atoms with E-state index in [1.165, 1.54) is 50.4 Å². The van der Waals surface area contributed by atoms with Crippen molar-refractivity contribution in [3.05, 3.63) is 102 Å². The van der Waals surface area contributed by atoms with Crippen LogP contribution in [0.3, 0.4) is 0 Å². The summed E-state index contributed by atoms with van der Waals surface area (Å²) in [6.45, 7) is 3.00. The van der Waals surface area contributed by atoms with Crippen LogP contribution in [0.25, 0.3) is 33.2 Å². The molecule has 10 heteroatoms. The Morgan fingerprint density at radius 2 is 1.46 bits per heavy atom. The van der Waals surface area contributed by atoms with E-state index >= 15 is 0 Å². The molecule has 3 nitrogen and oxygen atoms in total. The first-order chi connectivity index (χ1) is 17.8. The SMILES string of the molecule is CC(=[OH+])/C=C(/C)O.FC(F)(F)C1(C(F)(F)F)c2ccccc2-c2c[c-]c(-c3cc4ccccc4cn3)cc21.[Ir]. The molecule has 0 bridgehead atoms. The van der Waals surface area contributed by atoms with Gasteiger partial charge in [-0.3, -0.25) is 4.79 Å². The Morgan fingerprint density at radius 1 is 0.872 bits per heavy atom.